The van der Waals surface area contributed by atoms with Crippen molar-refractivity contribution in [2.75, 3.05) is 5.32 Å². The van der Waals surface area contributed by atoms with Gasteiger partial charge in [0.1, 0.15) is 6.42 Å². The van der Waals surface area contributed by atoms with E-state index in [1.165, 1.54) is 0 Å². The number of benzene rings is 1. The van der Waals surface area contributed by atoms with E-state index in [2.05, 4.69) is 10.6 Å². The van der Waals surface area contributed by atoms with Crippen molar-refractivity contribution in [1.82, 2.24) is 5.32 Å². The summed E-state index contributed by atoms with van der Waals surface area (Å²) in [4.78, 5) is 33.8. The molecule has 1 aliphatic rings. The summed E-state index contributed by atoms with van der Waals surface area (Å²) in [5.74, 6) is -2.12. The number of rotatable bonds is 5. The van der Waals surface area contributed by atoms with E-state index in [0.717, 1.165) is 12.8 Å². The third kappa shape index (κ3) is 3.80. The van der Waals surface area contributed by atoms with Gasteiger partial charge < -0.3 is 15.7 Å². The zero-order valence-electron chi connectivity index (χ0n) is 10.2. The van der Waals surface area contributed by atoms with Gasteiger partial charge in [0.05, 0.1) is 11.3 Å². The van der Waals surface area contributed by atoms with Gasteiger partial charge >= 0.3 is 5.97 Å². The lowest BCUT2D eigenvalue weighted by Crippen LogP contribution is -2.27. The lowest BCUT2D eigenvalue weighted by atomic mass is 10.1. The molecule has 0 atom stereocenters. The number of carboxylic acids is 1. The van der Waals surface area contributed by atoms with Gasteiger partial charge in [0, 0.05) is 6.04 Å². The molecule has 1 aromatic rings. The molecule has 0 bridgehead atoms. The fraction of sp³-hybridized carbons (Fsp3) is 0.308. The first-order valence-electron chi connectivity index (χ1n) is 5.98. The Hall–Kier alpha value is -2.37. The molecule has 0 saturated heterocycles. The first kappa shape index (κ1) is 13.1. The smallest absolute Gasteiger partial charge is 0.312 e. The fourth-order valence-corrected chi connectivity index (χ4v) is 1.61. The van der Waals surface area contributed by atoms with Crippen LogP contribution >= 0.6 is 0 Å². The molecule has 6 heteroatoms. The van der Waals surface area contributed by atoms with Crippen LogP contribution in [0.15, 0.2) is 24.3 Å². The number of para-hydroxylation sites is 1. The van der Waals surface area contributed by atoms with Crippen LogP contribution in [0.1, 0.15) is 29.6 Å². The van der Waals surface area contributed by atoms with Gasteiger partial charge in [-0.1, -0.05) is 12.1 Å². The van der Waals surface area contributed by atoms with Gasteiger partial charge in [-0.05, 0) is 25.0 Å². The van der Waals surface area contributed by atoms with Gasteiger partial charge in [0.25, 0.3) is 5.91 Å². The topological polar surface area (TPSA) is 95.5 Å². The molecule has 100 valence electrons. The van der Waals surface area contributed by atoms with Crippen LogP contribution in [0.2, 0.25) is 0 Å². The Labute approximate surface area is 109 Å². The van der Waals surface area contributed by atoms with Gasteiger partial charge in [-0.3, -0.25) is 14.4 Å². The highest BCUT2D eigenvalue weighted by molar-refractivity contribution is 6.06. The number of carbonyl (C=O) groups excluding carboxylic acids is 2. The van der Waals surface area contributed by atoms with E-state index in [0.29, 0.717) is 11.3 Å². The number of nitrogens with one attached hydrogen (secondary N) is 2. The van der Waals surface area contributed by atoms with Gasteiger partial charge in [0.15, 0.2) is 0 Å². The molecule has 1 saturated carbocycles. The van der Waals surface area contributed by atoms with Crippen LogP contribution in [0.3, 0.4) is 0 Å². The molecule has 0 heterocycles. The van der Waals surface area contributed by atoms with Crippen molar-refractivity contribution >= 4 is 23.5 Å². The van der Waals surface area contributed by atoms with Crippen molar-refractivity contribution < 1.29 is 19.5 Å². The summed E-state index contributed by atoms with van der Waals surface area (Å²) in [7, 11) is 0. The molecule has 0 aliphatic heterocycles. The number of aliphatic carboxylic acids is 1. The Kier molecular flexibility index (Phi) is 3.79. The summed E-state index contributed by atoms with van der Waals surface area (Å²) >= 11 is 0. The highest BCUT2D eigenvalue weighted by Gasteiger charge is 2.25. The molecule has 1 fully saturated rings. The Morgan fingerprint density at radius 1 is 1.21 bits per heavy atom. The number of carboxylic acid groups (broad SMARTS) is 1. The molecule has 2 rings (SSSR count). The van der Waals surface area contributed by atoms with Gasteiger partial charge in [0.2, 0.25) is 5.91 Å². The number of hydrogen-bond acceptors (Lipinski definition) is 3. The monoisotopic (exact) mass is 262 g/mol. The highest BCUT2D eigenvalue weighted by atomic mass is 16.4. The standard InChI is InChI=1S/C13H14N2O4/c16-11(7-12(17)18)15-10-4-2-1-3-9(10)13(19)14-8-5-6-8/h1-4,8H,5-7H2,(H,14,19)(H,15,16)(H,17,18). The number of amides is 2. The van der Waals surface area contributed by atoms with Crippen LogP contribution < -0.4 is 10.6 Å². The van der Waals surface area contributed by atoms with Crippen molar-refractivity contribution in [3.63, 3.8) is 0 Å². The van der Waals surface area contributed by atoms with Crippen molar-refractivity contribution in [2.45, 2.75) is 25.3 Å². The van der Waals surface area contributed by atoms with E-state index in [1.807, 2.05) is 0 Å². The van der Waals surface area contributed by atoms with Crippen LogP contribution in [-0.2, 0) is 9.59 Å². The van der Waals surface area contributed by atoms with Gasteiger partial charge in [-0.2, -0.15) is 0 Å². The van der Waals surface area contributed by atoms with Crippen LogP contribution in [0.5, 0.6) is 0 Å². The minimum atomic E-state index is -1.21. The lowest BCUT2D eigenvalue weighted by Gasteiger charge is -2.10. The average Bonchev–Trinajstić information content (AvgIpc) is 3.12. The van der Waals surface area contributed by atoms with E-state index in [1.54, 1.807) is 24.3 Å². The number of carbonyl (C=O) groups is 3. The molecule has 2 amide bonds. The average molecular weight is 262 g/mol. The maximum atomic E-state index is 11.9. The van der Waals surface area contributed by atoms with E-state index in [4.69, 9.17) is 5.11 Å². The first-order chi connectivity index (χ1) is 9.06. The van der Waals surface area contributed by atoms with E-state index >= 15 is 0 Å². The third-order valence-corrected chi connectivity index (χ3v) is 2.67. The molecule has 0 spiro atoms. The first-order valence-corrected chi connectivity index (χ1v) is 5.98. The summed E-state index contributed by atoms with van der Waals surface area (Å²) in [5, 5.41) is 13.8. The van der Waals surface area contributed by atoms with E-state index in [9.17, 15) is 14.4 Å². The van der Waals surface area contributed by atoms with Crippen molar-refractivity contribution in [3.8, 4) is 0 Å². The largest absolute Gasteiger partial charge is 0.481 e. The second-order valence-electron chi connectivity index (χ2n) is 4.41. The molecule has 1 aromatic carbocycles. The maximum absolute atomic E-state index is 11.9. The summed E-state index contributed by atoms with van der Waals surface area (Å²) in [6, 6.07) is 6.74. The summed E-state index contributed by atoms with van der Waals surface area (Å²) in [6.45, 7) is 0. The number of anilines is 1. The third-order valence-electron chi connectivity index (χ3n) is 2.67. The second kappa shape index (κ2) is 5.51. The minimum absolute atomic E-state index is 0.218. The Balaban J connectivity index is 2.08. The lowest BCUT2D eigenvalue weighted by molar-refractivity contribution is -0.139. The number of hydrogen-bond donors (Lipinski definition) is 3. The molecule has 6 nitrogen and oxygen atoms in total. The molecule has 3 N–H and O–H groups in total. The Bertz CT molecular complexity index is 523. The zero-order valence-corrected chi connectivity index (χ0v) is 10.2. The molecule has 1 aliphatic carbocycles. The van der Waals surface area contributed by atoms with E-state index in [-0.39, 0.29) is 11.9 Å². The predicted molar refractivity (Wildman–Crippen MR) is 67.8 cm³/mol. The quantitative estimate of drug-likeness (QED) is 0.689. The van der Waals surface area contributed by atoms with Crippen LogP contribution in [0.4, 0.5) is 5.69 Å². The zero-order chi connectivity index (χ0) is 13.8. The second-order valence-corrected chi connectivity index (χ2v) is 4.41. The Morgan fingerprint density at radius 3 is 2.53 bits per heavy atom. The van der Waals surface area contributed by atoms with Gasteiger partial charge in [-0.15, -0.1) is 0 Å². The van der Waals surface area contributed by atoms with Crippen molar-refractivity contribution in [2.24, 2.45) is 0 Å². The van der Waals surface area contributed by atoms with Gasteiger partial charge in [-0.25, -0.2) is 0 Å². The molecular weight excluding hydrogens is 248 g/mol. The highest BCUT2D eigenvalue weighted by Crippen LogP contribution is 2.21. The van der Waals surface area contributed by atoms with Crippen LogP contribution in [0.25, 0.3) is 0 Å². The molecule has 0 radical (unpaired) electrons. The Morgan fingerprint density at radius 2 is 1.89 bits per heavy atom. The SMILES string of the molecule is O=C(O)CC(=O)Nc1ccccc1C(=O)NC1CC1. The summed E-state index contributed by atoms with van der Waals surface area (Å²) < 4.78 is 0. The predicted octanol–water partition coefficient (Wildman–Crippen LogP) is 0.992. The van der Waals surface area contributed by atoms with E-state index < -0.39 is 18.3 Å². The summed E-state index contributed by atoms with van der Waals surface area (Å²) in [5.41, 5.74) is 0.667. The molecule has 19 heavy (non-hydrogen) atoms. The van der Waals surface area contributed by atoms with Crippen LogP contribution in [0, 0.1) is 0 Å². The molecular formula is C13H14N2O4. The minimum Gasteiger partial charge on any atom is -0.481 e. The maximum Gasteiger partial charge on any atom is 0.312 e. The molecule has 0 unspecified atom stereocenters. The van der Waals surface area contributed by atoms with Crippen LogP contribution in [-0.4, -0.2) is 28.9 Å². The summed E-state index contributed by atoms with van der Waals surface area (Å²) in [6.07, 6.45) is 1.32. The molecule has 0 aromatic heterocycles. The van der Waals surface area contributed by atoms with Crippen molar-refractivity contribution in [3.05, 3.63) is 29.8 Å². The normalized spacial score (nSPS) is 13.7. The van der Waals surface area contributed by atoms with Crippen molar-refractivity contribution in [1.29, 1.82) is 0 Å². The fourth-order valence-electron chi connectivity index (χ4n) is 1.61.